The Morgan fingerprint density at radius 2 is 1.81 bits per heavy atom. The number of carbonyl (C=O) groups excluding carboxylic acids is 1. The molecule has 0 bridgehead atoms. The van der Waals surface area contributed by atoms with Gasteiger partial charge in [0.05, 0.1) is 21.4 Å². The van der Waals surface area contributed by atoms with E-state index in [1.165, 1.54) is 17.3 Å². The Morgan fingerprint density at radius 1 is 1.06 bits per heavy atom. The Balaban J connectivity index is 1.73. The van der Waals surface area contributed by atoms with Gasteiger partial charge in [-0.3, -0.25) is 4.79 Å². The lowest BCUT2D eigenvalue weighted by Gasteiger charge is -2.06. The Hall–Kier alpha value is -3.71. The van der Waals surface area contributed by atoms with E-state index in [2.05, 4.69) is 24.9 Å². The average molecular weight is 443 g/mol. The summed E-state index contributed by atoms with van der Waals surface area (Å²) in [5, 5.41) is 12.7. The zero-order valence-corrected chi connectivity index (χ0v) is 18.7. The molecule has 3 aromatic carbocycles. The fourth-order valence-corrected chi connectivity index (χ4v) is 4.97. The molecule has 4 N–H and O–H groups in total. The van der Waals surface area contributed by atoms with Gasteiger partial charge in [0.1, 0.15) is 5.69 Å². The zero-order chi connectivity index (χ0) is 22.6. The fraction of sp³-hybridized carbons (Fsp3) is 0.120. The first kappa shape index (κ1) is 20.2. The van der Waals surface area contributed by atoms with E-state index in [4.69, 9.17) is 10.7 Å². The topological polar surface area (TPSA) is 96.9 Å². The molecule has 0 saturated heterocycles. The number of rotatable bonds is 4. The summed E-state index contributed by atoms with van der Waals surface area (Å²) in [6.45, 7) is 6.16. The second-order valence-corrected chi connectivity index (χ2v) is 9.00. The molecule has 0 aliphatic heterocycles. The molecule has 0 radical (unpaired) electrons. The summed E-state index contributed by atoms with van der Waals surface area (Å²) in [4.78, 5) is 20.8. The van der Waals surface area contributed by atoms with Crippen LogP contribution in [0.3, 0.4) is 0 Å². The van der Waals surface area contributed by atoms with Crippen molar-refractivity contribution in [1.82, 2.24) is 14.7 Å². The Kier molecular flexibility index (Phi) is 4.71. The molecule has 1 amide bonds. The van der Waals surface area contributed by atoms with Crippen molar-refractivity contribution in [3.63, 3.8) is 0 Å². The molecule has 7 heteroatoms. The van der Waals surface area contributed by atoms with Crippen molar-refractivity contribution in [3.05, 3.63) is 76.9 Å². The van der Waals surface area contributed by atoms with E-state index in [1.807, 2.05) is 43.3 Å². The van der Waals surface area contributed by atoms with Gasteiger partial charge in [-0.15, -0.1) is 0 Å². The number of fused-ring (bicyclic) bond motifs is 2. The maximum Gasteiger partial charge on any atom is 0.248 e. The molecule has 0 aliphatic rings. The molecule has 2 heterocycles. The predicted octanol–water partition coefficient (Wildman–Crippen LogP) is 5.60. The largest absolute Gasteiger partial charge is 0.428 e. The van der Waals surface area contributed by atoms with Crippen LogP contribution in [0.15, 0.2) is 64.6 Å². The zero-order valence-electron chi connectivity index (χ0n) is 17.9. The number of aromatic amines is 1. The minimum Gasteiger partial charge on any atom is -0.428 e. The van der Waals surface area contributed by atoms with Crippen LogP contribution in [0.5, 0.6) is 0 Å². The SMILES string of the molecule is Cc1ccc(-c2c(Sc3nc4c(C)c(C)ccc4[nH]3)c3ccc(C(N)=O)cc3n2O)cc1. The molecule has 5 rings (SSSR count). The normalized spacial score (nSPS) is 11.5. The molecule has 0 aliphatic carbocycles. The van der Waals surface area contributed by atoms with Crippen LogP contribution >= 0.6 is 11.8 Å². The van der Waals surface area contributed by atoms with Crippen molar-refractivity contribution >= 4 is 39.6 Å². The summed E-state index contributed by atoms with van der Waals surface area (Å²) < 4.78 is 1.13. The van der Waals surface area contributed by atoms with Gasteiger partial charge in [0.15, 0.2) is 5.16 Å². The van der Waals surface area contributed by atoms with Crippen LogP contribution < -0.4 is 5.73 Å². The number of aryl methyl sites for hydroxylation is 3. The average Bonchev–Trinajstić information content (AvgIpc) is 3.31. The number of amides is 1. The van der Waals surface area contributed by atoms with E-state index in [0.29, 0.717) is 16.8 Å². The van der Waals surface area contributed by atoms with Gasteiger partial charge in [-0.1, -0.05) is 42.0 Å². The molecule has 0 fully saturated rings. The van der Waals surface area contributed by atoms with E-state index in [0.717, 1.165) is 47.9 Å². The van der Waals surface area contributed by atoms with Gasteiger partial charge in [0.25, 0.3) is 0 Å². The molecule has 0 spiro atoms. The lowest BCUT2D eigenvalue weighted by molar-refractivity contribution is 0.100. The van der Waals surface area contributed by atoms with Gasteiger partial charge in [0.2, 0.25) is 5.91 Å². The highest BCUT2D eigenvalue weighted by Gasteiger charge is 2.22. The third-order valence-corrected chi connectivity index (χ3v) is 6.87. The number of benzene rings is 3. The van der Waals surface area contributed by atoms with Gasteiger partial charge in [0, 0.05) is 16.5 Å². The van der Waals surface area contributed by atoms with E-state index >= 15 is 0 Å². The molecule has 160 valence electrons. The number of hydrogen-bond donors (Lipinski definition) is 3. The second-order valence-electron chi connectivity index (χ2n) is 8.00. The van der Waals surface area contributed by atoms with E-state index in [-0.39, 0.29) is 0 Å². The molecule has 5 aromatic rings. The number of nitrogens with zero attached hydrogens (tertiary/aromatic N) is 2. The number of hydrogen-bond acceptors (Lipinski definition) is 4. The summed E-state index contributed by atoms with van der Waals surface area (Å²) in [7, 11) is 0. The summed E-state index contributed by atoms with van der Waals surface area (Å²) in [6, 6.07) is 17.2. The first-order chi connectivity index (χ1) is 15.3. The van der Waals surface area contributed by atoms with Crippen molar-refractivity contribution < 1.29 is 10.0 Å². The van der Waals surface area contributed by atoms with Gasteiger partial charge in [-0.05, 0) is 61.9 Å². The molecule has 0 saturated carbocycles. The minimum atomic E-state index is -0.540. The van der Waals surface area contributed by atoms with Crippen molar-refractivity contribution in [3.8, 4) is 11.3 Å². The quantitative estimate of drug-likeness (QED) is 0.316. The predicted molar refractivity (Wildman–Crippen MR) is 128 cm³/mol. The lowest BCUT2D eigenvalue weighted by atomic mass is 10.1. The third-order valence-electron chi connectivity index (χ3n) is 5.86. The number of aromatic nitrogens is 3. The molecule has 0 atom stereocenters. The van der Waals surface area contributed by atoms with Crippen molar-refractivity contribution in [1.29, 1.82) is 0 Å². The monoisotopic (exact) mass is 442 g/mol. The molecule has 0 unspecified atom stereocenters. The summed E-state index contributed by atoms with van der Waals surface area (Å²) >= 11 is 1.45. The van der Waals surface area contributed by atoms with Crippen LogP contribution in [0.1, 0.15) is 27.0 Å². The number of carbonyl (C=O) groups is 1. The minimum absolute atomic E-state index is 0.340. The van der Waals surface area contributed by atoms with Gasteiger partial charge in [-0.2, -0.15) is 4.73 Å². The molecular formula is C25H22N4O2S. The van der Waals surface area contributed by atoms with Crippen LogP contribution in [-0.4, -0.2) is 25.8 Å². The summed E-state index contributed by atoms with van der Waals surface area (Å²) in [5.74, 6) is -0.540. The van der Waals surface area contributed by atoms with Crippen LogP contribution in [0, 0.1) is 20.8 Å². The van der Waals surface area contributed by atoms with Crippen molar-refractivity contribution in [2.45, 2.75) is 30.8 Å². The maximum absolute atomic E-state index is 11.7. The number of nitrogens with two attached hydrogens (primary N) is 1. The van der Waals surface area contributed by atoms with E-state index in [9.17, 15) is 10.0 Å². The third kappa shape index (κ3) is 3.22. The van der Waals surface area contributed by atoms with Crippen LogP contribution in [0.25, 0.3) is 33.2 Å². The molecule has 6 nitrogen and oxygen atoms in total. The highest BCUT2D eigenvalue weighted by atomic mass is 32.2. The van der Waals surface area contributed by atoms with Crippen LogP contribution in [0.2, 0.25) is 0 Å². The molecule has 32 heavy (non-hydrogen) atoms. The Labute approximate surface area is 189 Å². The van der Waals surface area contributed by atoms with E-state index < -0.39 is 5.91 Å². The Bertz CT molecular complexity index is 1510. The number of imidazole rings is 1. The smallest absolute Gasteiger partial charge is 0.248 e. The number of primary amides is 1. The van der Waals surface area contributed by atoms with Crippen molar-refractivity contribution in [2.24, 2.45) is 5.73 Å². The van der Waals surface area contributed by atoms with Crippen molar-refractivity contribution in [2.75, 3.05) is 0 Å². The summed E-state index contributed by atoms with van der Waals surface area (Å²) in [6.07, 6.45) is 0. The number of nitrogens with one attached hydrogen (secondary N) is 1. The fourth-order valence-electron chi connectivity index (χ4n) is 3.90. The highest BCUT2D eigenvalue weighted by molar-refractivity contribution is 7.99. The molecular weight excluding hydrogens is 420 g/mol. The first-order valence-electron chi connectivity index (χ1n) is 10.2. The maximum atomic E-state index is 11.7. The number of H-pyrrole nitrogens is 1. The molecule has 2 aromatic heterocycles. The van der Waals surface area contributed by atoms with Gasteiger partial charge in [-0.25, -0.2) is 4.98 Å². The summed E-state index contributed by atoms with van der Waals surface area (Å²) in [5.41, 5.74) is 13.2. The Morgan fingerprint density at radius 3 is 2.53 bits per heavy atom. The van der Waals surface area contributed by atoms with Gasteiger partial charge < -0.3 is 15.9 Å². The lowest BCUT2D eigenvalue weighted by Crippen LogP contribution is -2.10. The van der Waals surface area contributed by atoms with Gasteiger partial charge >= 0.3 is 0 Å². The van der Waals surface area contributed by atoms with E-state index in [1.54, 1.807) is 12.1 Å². The second kappa shape index (κ2) is 7.46. The standard InChI is InChI=1S/C25H22N4O2S/c1-13-4-7-16(8-5-13)22-23(18-10-9-17(24(26)30)12-20(18)29(22)31)32-25-27-19-11-6-14(2)15(3)21(19)28-25/h4-12,31H,1-3H3,(H2,26,30)(H,27,28). The van der Waals surface area contributed by atoms with Crippen LogP contribution in [-0.2, 0) is 0 Å². The highest BCUT2D eigenvalue weighted by Crippen LogP contribution is 2.43. The first-order valence-corrected chi connectivity index (χ1v) is 11.0. The van der Waals surface area contributed by atoms with Crippen LogP contribution in [0.4, 0.5) is 0 Å².